The molecular weight excluding hydrogens is 236 g/mol. The van der Waals surface area contributed by atoms with E-state index in [4.69, 9.17) is 4.74 Å². The fraction of sp³-hybridized carbons (Fsp3) is 0.706. The van der Waals surface area contributed by atoms with Gasteiger partial charge in [-0.05, 0) is 56.8 Å². The Morgan fingerprint density at radius 2 is 2.11 bits per heavy atom. The molecule has 2 aliphatic carbocycles. The maximum Gasteiger partial charge on any atom is 0.333 e. The van der Waals surface area contributed by atoms with E-state index in [1.165, 1.54) is 18.4 Å². The van der Waals surface area contributed by atoms with Gasteiger partial charge in [-0.1, -0.05) is 31.6 Å². The summed E-state index contributed by atoms with van der Waals surface area (Å²) in [5.74, 6) is 0.471. The summed E-state index contributed by atoms with van der Waals surface area (Å²) < 4.78 is 5.09. The first kappa shape index (κ1) is 14.4. The normalized spacial score (nSPS) is 27.9. The zero-order valence-electron chi connectivity index (χ0n) is 12.9. The first-order chi connectivity index (χ1) is 8.83. The predicted molar refractivity (Wildman–Crippen MR) is 77.7 cm³/mol. The number of esters is 1. The molecule has 0 heterocycles. The molecule has 0 bridgehead atoms. The second-order valence-electron chi connectivity index (χ2n) is 6.68. The van der Waals surface area contributed by atoms with Crippen LogP contribution in [0.2, 0.25) is 0 Å². The average Bonchev–Trinajstić information content (AvgIpc) is 3.03. The summed E-state index contributed by atoms with van der Waals surface area (Å²) in [5.41, 5.74) is 2.75. The highest BCUT2D eigenvalue weighted by atomic mass is 16.5. The average molecular weight is 262 g/mol. The number of hydrogen-bond donors (Lipinski definition) is 0. The summed E-state index contributed by atoms with van der Waals surface area (Å²) >= 11 is 0. The van der Waals surface area contributed by atoms with Gasteiger partial charge in [0.25, 0.3) is 0 Å². The van der Waals surface area contributed by atoms with Crippen LogP contribution in [0.5, 0.6) is 0 Å². The molecule has 0 saturated heterocycles. The van der Waals surface area contributed by atoms with Crippen molar-refractivity contribution >= 4 is 5.97 Å². The topological polar surface area (TPSA) is 26.3 Å². The number of hydrogen-bond acceptors (Lipinski definition) is 2. The van der Waals surface area contributed by atoms with Gasteiger partial charge in [0.2, 0.25) is 0 Å². The molecule has 0 aliphatic heterocycles. The molecule has 0 N–H and O–H groups in total. The van der Waals surface area contributed by atoms with Crippen molar-refractivity contribution in [1.29, 1.82) is 0 Å². The Kier molecular flexibility index (Phi) is 3.63. The minimum atomic E-state index is -0.158. The molecule has 2 heteroatoms. The van der Waals surface area contributed by atoms with Gasteiger partial charge in [-0.3, -0.25) is 0 Å². The van der Waals surface area contributed by atoms with Crippen LogP contribution in [0.3, 0.4) is 0 Å². The standard InChI is InChI=1S/C17H26O2/c1-6-19-15(18)12(2)11-17(9-10-17)14-8-7-13(3)16(14,4)5/h7,11,14H,6,8-10H2,1-5H3/b12-11+. The van der Waals surface area contributed by atoms with Gasteiger partial charge in [0.15, 0.2) is 0 Å². The van der Waals surface area contributed by atoms with Crippen LogP contribution in [0.15, 0.2) is 23.3 Å². The Morgan fingerprint density at radius 3 is 2.53 bits per heavy atom. The summed E-state index contributed by atoms with van der Waals surface area (Å²) in [6, 6.07) is 0. The number of carbonyl (C=O) groups is 1. The fourth-order valence-corrected chi connectivity index (χ4v) is 3.55. The van der Waals surface area contributed by atoms with Gasteiger partial charge < -0.3 is 4.74 Å². The van der Waals surface area contributed by atoms with Crippen molar-refractivity contribution in [1.82, 2.24) is 0 Å². The Hall–Kier alpha value is -1.05. The lowest BCUT2D eigenvalue weighted by Crippen LogP contribution is -2.28. The summed E-state index contributed by atoms with van der Waals surface area (Å²) in [6.07, 6.45) is 8.13. The highest BCUT2D eigenvalue weighted by Gasteiger charge is 2.54. The number of carbonyl (C=O) groups excluding carboxylic acids is 1. The first-order valence-corrected chi connectivity index (χ1v) is 7.37. The third-order valence-corrected chi connectivity index (χ3v) is 5.17. The van der Waals surface area contributed by atoms with Gasteiger partial charge in [0, 0.05) is 5.57 Å². The van der Waals surface area contributed by atoms with Crippen LogP contribution in [0.1, 0.15) is 53.9 Å². The van der Waals surface area contributed by atoms with Gasteiger partial charge in [-0.2, -0.15) is 0 Å². The highest BCUT2D eigenvalue weighted by molar-refractivity contribution is 5.88. The predicted octanol–water partition coefficient (Wildman–Crippen LogP) is 4.27. The van der Waals surface area contributed by atoms with Crippen molar-refractivity contribution in [2.75, 3.05) is 6.61 Å². The summed E-state index contributed by atoms with van der Waals surface area (Å²) in [4.78, 5) is 11.8. The highest BCUT2D eigenvalue weighted by Crippen LogP contribution is 2.63. The van der Waals surface area contributed by atoms with Crippen molar-refractivity contribution in [2.24, 2.45) is 16.7 Å². The van der Waals surface area contributed by atoms with Crippen molar-refractivity contribution in [3.63, 3.8) is 0 Å². The molecule has 1 fully saturated rings. The van der Waals surface area contributed by atoms with Gasteiger partial charge in [-0.15, -0.1) is 0 Å². The van der Waals surface area contributed by atoms with E-state index in [0.29, 0.717) is 12.5 Å². The lowest BCUT2D eigenvalue weighted by Gasteiger charge is -2.35. The molecule has 1 atom stereocenters. The van der Waals surface area contributed by atoms with Gasteiger partial charge in [0.05, 0.1) is 6.61 Å². The molecule has 0 spiro atoms. The molecule has 0 aromatic carbocycles. The quantitative estimate of drug-likeness (QED) is 0.429. The molecule has 0 radical (unpaired) electrons. The SMILES string of the molecule is CCOC(=O)/C(C)=C/C1(C2CC=C(C)C2(C)C)CC1. The maximum atomic E-state index is 11.8. The molecular formula is C17H26O2. The second-order valence-corrected chi connectivity index (χ2v) is 6.68. The molecule has 19 heavy (non-hydrogen) atoms. The summed E-state index contributed by atoms with van der Waals surface area (Å²) in [5, 5.41) is 0. The summed E-state index contributed by atoms with van der Waals surface area (Å²) in [6.45, 7) is 11.1. The lowest BCUT2D eigenvalue weighted by molar-refractivity contribution is -0.138. The molecule has 0 aromatic heterocycles. The van der Waals surface area contributed by atoms with Crippen LogP contribution in [-0.2, 0) is 9.53 Å². The van der Waals surface area contributed by atoms with E-state index in [9.17, 15) is 4.79 Å². The van der Waals surface area contributed by atoms with Crippen LogP contribution in [0.4, 0.5) is 0 Å². The van der Waals surface area contributed by atoms with E-state index in [-0.39, 0.29) is 16.8 Å². The van der Waals surface area contributed by atoms with Crippen molar-refractivity contribution < 1.29 is 9.53 Å². The van der Waals surface area contributed by atoms with Gasteiger partial charge >= 0.3 is 5.97 Å². The molecule has 0 aromatic rings. The van der Waals surface area contributed by atoms with Crippen LogP contribution < -0.4 is 0 Å². The molecule has 2 rings (SSSR count). The van der Waals surface area contributed by atoms with E-state index >= 15 is 0 Å². The molecule has 1 saturated carbocycles. The van der Waals surface area contributed by atoms with Gasteiger partial charge in [-0.25, -0.2) is 4.79 Å². The third-order valence-electron chi connectivity index (χ3n) is 5.17. The smallest absolute Gasteiger partial charge is 0.333 e. The lowest BCUT2D eigenvalue weighted by atomic mass is 9.69. The van der Waals surface area contributed by atoms with E-state index in [0.717, 1.165) is 12.0 Å². The minimum Gasteiger partial charge on any atom is -0.463 e. The van der Waals surface area contributed by atoms with Gasteiger partial charge in [0.1, 0.15) is 0 Å². The third kappa shape index (κ3) is 2.50. The van der Waals surface area contributed by atoms with E-state index in [2.05, 4.69) is 32.9 Å². The van der Waals surface area contributed by atoms with Crippen molar-refractivity contribution in [2.45, 2.75) is 53.9 Å². The van der Waals surface area contributed by atoms with Crippen molar-refractivity contribution in [3.05, 3.63) is 23.3 Å². The van der Waals surface area contributed by atoms with Crippen LogP contribution in [0.25, 0.3) is 0 Å². The van der Waals surface area contributed by atoms with Crippen LogP contribution >= 0.6 is 0 Å². The zero-order valence-corrected chi connectivity index (χ0v) is 12.9. The molecule has 0 amide bonds. The fourth-order valence-electron chi connectivity index (χ4n) is 3.55. The number of ether oxygens (including phenoxy) is 1. The molecule has 2 nitrogen and oxygen atoms in total. The van der Waals surface area contributed by atoms with E-state index in [1.54, 1.807) is 0 Å². The number of rotatable bonds is 4. The summed E-state index contributed by atoms with van der Waals surface area (Å²) in [7, 11) is 0. The molecule has 1 unspecified atom stereocenters. The number of allylic oxidation sites excluding steroid dienone is 3. The Morgan fingerprint density at radius 1 is 1.47 bits per heavy atom. The largest absolute Gasteiger partial charge is 0.463 e. The van der Waals surface area contributed by atoms with E-state index in [1.807, 2.05) is 13.8 Å². The zero-order chi connectivity index (χ0) is 14.3. The monoisotopic (exact) mass is 262 g/mol. The maximum absolute atomic E-state index is 11.8. The van der Waals surface area contributed by atoms with Crippen molar-refractivity contribution in [3.8, 4) is 0 Å². The first-order valence-electron chi connectivity index (χ1n) is 7.37. The minimum absolute atomic E-state index is 0.158. The van der Waals surface area contributed by atoms with E-state index < -0.39 is 0 Å². The Bertz CT molecular complexity index is 436. The Labute approximate surface area is 116 Å². The molecule has 106 valence electrons. The van der Waals surface area contributed by atoms with Crippen LogP contribution in [-0.4, -0.2) is 12.6 Å². The van der Waals surface area contributed by atoms with Crippen LogP contribution in [0, 0.1) is 16.7 Å². The Balaban J connectivity index is 2.17. The molecule has 2 aliphatic rings. The second kappa shape index (κ2) is 4.81.